The molecule has 0 aliphatic rings. The van der Waals surface area contributed by atoms with E-state index < -0.39 is 17.9 Å². The number of esters is 1. The highest BCUT2D eigenvalue weighted by Gasteiger charge is 2.28. The number of nitrogens with zero attached hydrogens (tertiary/aromatic N) is 1. The van der Waals surface area contributed by atoms with Crippen molar-refractivity contribution < 1.29 is 19.4 Å². The Bertz CT molecular complexity index is 607. The Balaban J connectivity index is 2.66. The molecule has 25 heavy (non-hydrogen) atoms. The molecule has 136 valence electrons. The van der Waals surface area contributed by atoms with Crippen LogP contribution in [0.3, 0.4) is 0 Å². The normalized spacial score (nSPS) is 14.3. The summed E-state index contributed by atoms with van der Waals surface area (Å²) in [7, 11) is 0. The number of carboxylic acids is 1. The lowest BCUT2D eigenvalue weighted by atomic mass is 9.90. The summed E-state index contributed by atoms with van der Waals surface area (Å²) in [4.78, 5) is 27.3. The van der Waals surface area contributed by atoms with E-state index in [4.69, 9.17) is 9.84 Å². The first-order valence-electron chi connectivity index (χ1n) is 8.59. The summed E-state index contributed by atoms with van der Waals surface area (Å²) in [5.74, 6) is -2.13. The van der Waals surface area contributed by atoms with Crippen molar-refractivity contribution in [3.8, 4) is 5.75 Å². The molecule has 1 heterocycles. The zero-order valence-corrected chi connectivity index (χ0v) is 15.1. The Hall–Kier alpha value is -2.43. The maximum absolute atomic E-state index is 12.4. The van der Waals surface area contributed by atoms with Crippen molar-refractivity contribution in [2.45, 2.75) is 46.5 Å². The van der Waals surface area contributed by atoms with E-state index in [-0.39, 0.29) is 12.3 Å². The molecule has 0 aliphatic carbocycles. The van der Waals surface area contributed by atoms with Crippen molar-refractivity contribution >= 4 is 11.9 Å². The van der Waals surface area contributed by atoms with Gasteiger partial charge in [0.15, 0.2) is 0 Å². The Kier molecular flexibility index (Phi) is 9.22. The number of unbranched alkanes of at least 4 members (excludes halogenated alkanes) is 1. The van der Waals surface area contributed by atoms with Gasteiger partial charge in [-0.25, -0.2) is 0 Å². The lowest BCUT2D eigenvalue weighted by molar-refractivity contribution is -0.147. The smallest absolute Gasteiger partial charge is 0.315 e. The summed E-state index contributed by atoms with van der Waals surface area (Å²) in [6.07, 6.45) is 11.7. The van der Waals surface area contributed by atoms with Crippen LogP contribution in [0.4, 0.5) is 0 Å². The minimum Gasteiger partial charge on any atom is -0.481 e. The monoisotopic (exact) mass is 345 g/mol. The number of pyridine rings is 1. The quantitative estimate of drug-likeness (QED) is 0.386. The zero-order valence-electron chi connectivity index (χ0n) is 15.1. The van der Waals surface area contributed by atoms with E-state index in [2.05, 4.69) is 24.9 Å². The van der Waals surface area contributed by atoms with Crippen molar-refractivity contribution in [3.63, 3.8) is 0 Å². The van der Waals surface area contributed by atoms with Crippen molar-refractivity contribution in [2.24, 2.45) is 11.8 Å². The first-order chi connectivity index (χ1) is 11.9. The molecule has 0 saturated carbocycles. The van der Waals surface area contributed by atoms with E-state index in [1.807, 2.05) is 19.1 Å². The molecule has 1 aromatic heterocycles. The second kappa shape index (κ2) is 11.2. The van der Waals surface area contributed by atoms with E-state index in [0.29, 0.717) is 5.75 Å². The molecule has 2 atom stereocenters. The van der Waals surface area contributed by atoms with Crippen LogP contribution in [0, 0.1) is 11.8 Å². The van der Waals surface area contributed by atoms with Crippen LogP contribution >= 0.6 is 0 Å². The second-order valence-corrected chi connectivity index (χ2v) is 6.08. The predicted molar refractivity (Wildman–Crippen MR) is 97.2 cm³/mol. The summed E-state index contributed by atoms with van der Waals surface area (Å²) in [6, 6.07) is 3.14. The Morgan fingerprint density at radius 3 is 2.56 bits per heavy atom. The molecule has 1 rings (SSSR count). The average Bonchev–Trinajstić information content (AvgIpc) is 2.59. The highest BCUT2D eigenvalue weighted by atomic mass is 16.5. The van der Waals surface area contributed by atoms with Crippen molar-refractivity contribution in [1.29, 1.82) is 0 Å². The van der Waals surface area contributed by atoms with Crippen molar-refractivity contribution in [2.75, 3.05) is 0 Å². The topological polar surface area (TPSA) is 76.5 Å². The van der Waals surface area contributed by atoms with Gasteiger partial charge in [0.1, 0.15) is 5.75 Å². The molecule has 5 heteroatoms. The molecule has 2 unspecified atom stereocenters. The number of rotatable bonds is 10. The Morgan fingerprint density at radius 2 is 1.96 bits per heavy atom. The van der Waals surface area contributed by atoms with E-state index in [1.54, 1.807) is 12.1 Å². The minimum atomic E-state index is -1.02. The van der Waals surface area contributed by atoms with Gasteiger partial charge in [0, 0.05) is 12.4 Å². The summed E-state index contributed by atoms with van der Waals surface area (Å²) < 4.78 is 5.29. The highest BCUT2D eigenvalue weighted by Crippen LogP contribution is 2.21. The molecular formula is C20H27NO4. The number of ether oxygens (including phenoxy) is 1. The summed E-state index contributed by atoms with van der Waals surface area (Å²) in [5.41, 5.74) is 1.35. The Labute approximate surface area is 149 Å². The third-order valence-corrected chi connectivity index (χ3v) is 4.02. The maximum Gasteiger partial charge on any atom is 0.315 e. The number of hydrogen-bond acceptors (Lipinski definition) is 4. The van der Waals surface area contributed by atoms with Gasteiger partial charge in [-0.15, -0.1) is 0 Å². The van der Waals surface area contributed by atoms with Crippen molar-refractivity contribution in [3.05, 3.63) is 48.3 Å². The molecule has 0 bridgehead atoms. The number of carbonyl (C=O) groups excluding carboxylic acids is 1. The van der Waals surface area contributed by atoms with Gasteiger partial charge < -0.3 is 9.84 Å². The van der Waals surface area contributed by atoms with Gasteiger partial charge in [0.05, 0.1) is 12.3 Å². The summed E-state index contributed by atoms with van der Waals surface area (Å²) >= 11 is 0. The van der Waals surface area contributed by atoms with E-state index >= 15 is 0 Å². The highest BCUT2D eigenvalue weighted by molar-refractivity contribution is 5.81. The molecule has 0 spiro atoms. The first-order valence-corrected chi connectivity index (χ1v) is 8.59. The summed E-state index contributed by atoms with van der Waals surface area (Å²) in [6.45, 7) is 6.06. The maximum atomic E-state index is 12.4. The van der Waals surface area contributed by atoms with Gasteiger partial charge in [0.2, 0.25) is 0 Å². The van der Waals surface area contributed by atoms with E-state index in [9.17, 15) is 9.59 Å². The molecule has 0 aliphatic heterocycles. The number of carbonyl (C=O) groups is 2. The van der Waals surface area contributed by atoms with Gasteiger partial charge in [0.25, 0.3) is 0 Å². The van der Waals surface area contributed by atoms with Crippen LogP contribution in [0.2, 0.25) is 0 Å². The third kappa shape index (κ3) is 8.29. The summed E-state index contributed by atoms with van der Waals surface area (Å²) in [5, 5.41) is 9.10. The molecule has 0 amide bonds. The number of aromatic nitrogens is 1. The molecule has 1 N–H and O–H groups in total. The van der Waals surface area contributed by atoms with Crippen LogP contribution in [0.5, 0.6) is 5.75 Å². The van der Waals surface area contributed by atoms with Crippen LogP contribution in [-0.2, 0) is 9.59 Å². The van der Waals surface area contributed by atoms with Gasteiger partial charge in [-0.2, -0.15) is 0 Å². The molecule has 1 aromatic rings. The van der Waals surface area contributed by atoms with Gasteiger partial charge >= 0.3 is 11.9 Å². The first kappa shape index (κ1) is 20.6. The number of carboxylic acid groups (broad SMARTS) is 1. The van der Waals surface area contributed by atoms with Crippen molar-refractivity contribution in [1.82, 2.24) is 4.98 Å². The van der Waals surface area contributed by atoms with Gasteiger partial charge in [-0.3, -0.25) is 14.6 Å². The second-order valence-electron chi connectivity index (χ2n) is 6.08. The minimum absolute atomic E-state index is 0.221. The van der Waals surface area contributed by atoms with Crippen LogP contribution in [-0.4, -0.2) is 22.0 Å². The fraction of sp³-hybridized carbons (Fsp3) is 0.450. The average molecular weight is 345 g/mol. The number of hydrogen-bond donors (Lipinski definition) is 1. The molecule has 0 radical (unpaired) electrons. The van der Waals surface area contributed by atoms with E-state index in [1.165, 1.54) is 18.0 Å². The Morgan fingerprint density at radius 1 is 1.28 bits per heavy atom. The zero-order chi connectivity index (χ0) is 18.7. The number of allylic oxidation sites excluding steroid dienone is 4. The largest absolute Gasteiger partial charge is 0.481 e. The molecule has 5 nitrogen and oxygen atoms in total. The van der Waals surface area contributed by atoms with Crippen LogP contribution in [0.25, 0.3) is 0 Å². The fourth-order valence-corrected chi connectivity index (χ4v) is 2.29. The van der Waals surface area contributed by atoms with Gasteiger partial charge in [-0.1, -0.05) is 37.6 Å². The fourth-order valence-electron chi connectivity index (χ4n) is 2.29. The molecule has 0 aromatic carbocycles. The van der Waals surface area contributed by atoms with Gasteiger partial charge in [-0.05, 0) is 44.2 Å². The molecular weight excluding hydrogens is 318 g/mol. The molecule has 0 fully saturated rings. The van der Waals surface area contributed by atoms with Crippen LogP contribution in [0.15, 0.2) is 48.3 Å². The lowest BCUT2D eigenvalue weighted by Crippen LogP contribution is -2.28. The van der Waals surface area contributed by atoms with E-state index in [0.717, 1.165) is 19.3 Å². The van der Waals surface area contributed by atoms with Crippen LogP contribution < -0.4 is 4.74 Å². The predicted octanol–water partition coefficient (Wildman–Crippen LogP) is 4.41. The van der Waals surface area contributed by atoms with Crippen LogP contribution in [0.1, 0.15) is 46.5 Å². The molecule has 0 saturated heterocycles. The number of aliphatic carboxylic acids is 1. The standard InChI is InChI=1S/C20H27NO4/c1-4-15(2)8-6-5-7-9-16(3)18(14-19(22)23)20(24)25-17-10-12-21-13-11-17/h7-13,16,18H,4-6,14H2,1-3H3,(H,22,23). The third-order valence-electron chi connectivity index (χ3n) is 4.02. The SMILES string of the molecule is CCC(C)=CCCC=CC(C)C(CC(=O)O)C(=O)Oc1ccncc1. The lowest BCUT2D eigenvalue weighted by Gasteiger charge is -2.18.